The Morgan fingerprint density at radius 2 is 0.762 bits per heavy atom. The van der Waals surface area contributed by atoms with E-state index in [4.69, 9.17) is 37.6 Å². The van der Waals surface area contributed by atoms with Crippen molar-refractivity contribution in [3.05, 3.63) is 231 Å². The average molecular weight is 1080 g/mol. The van der Waals surface area contributed by atoms with Gasteiger partial charge >= 0.3 is 0 Å². The van der Waals surface area contributed by atoms with Crippen molar-refractivity contribution in [2.75, 3.05) is 0 Å². The Balaban J connectivity index is 0.727. The van der Waals surface area contributed by atoms with E-state index in [0.717, 1.165) is 133 Å². The Labute approximate surface area is 474 Å². The largest absolute Gasteiger partial charge is 0.436 e. The van der Waals surface area contributed by atoms with E-state index < -0.39 is 0 Å². The molecule has 18 aromatic rings. The van der Waals surface area contributed by atoms with Crippen molar-refractivity contribution < 1.29 is 17.7 Å². The van der Waals surface area contributed by atoms with Crippen molar-refractivity contribution in [3.63, 3.8) is 0 Å². The topological polar surface area (TPSA) is 166 Å². The van der Waals surface area contributed by atoms with Crippen molar-refractivity contribution >= 4 is 99.0 Å². The van der Waals surface area contributed by atoms with Gasteiger partial charge in [-0.1, -0.05) is 54.6 Å². The quantitative estimate of drug-likeness (QED) is 0.142. The van der Waals surface area contributed by atoms with Gasteiger partial charge < -0.3 is 26.8 Å². The molecule has 0 amide bonds. The first-order valence-corrected chi connectivity index (χ1v) is 27.3. The van der Waals surface area contributed by atoms with Crippen molar-refractivity contribution in [2.24, 2.45) is 0 Å². The van der Waals surface area contributed by atoms with Crippen LogP contribution in [0.5, 0.6) is 0 Å². The van der Waals surface area contributed by atoms with Gasteiger partial charge in [0.05, 0.1) is 33.1 Å². The third-order valence-corrected chi connectivity index (χ3v) is 15.9. The summed E-state index contributed by atoms with van der Waals surface area (Å²) >= 11 is 0. The van der Waals surface area contributed by atoms with E-state index in [1.807, 2.05) is 103 Å². The number of para-hydroxylation sites is 5. The number of aromatic nitrogens is 10. The maximum absolute atomic E-state index is 6.83. The molecular formula is C70H38N10O4. The molecule has 0 spiro atoms. The Morgan fingerprint density at radius 3 is 1.36 bits per heavy atom. The fourth-order valence-electron chi connectivity index (χ4n) is 12.0. The molecule has 84 heavy (non-hydrogen) atoms. The summed E-state index contributed by atoms with van der Waals surface area (Å²) in [5, 5.41) is 4.04. The summed E-state index contributed by atoms with van der Waals surface area (Å²) in [6.45, 7) is 0. The highest BCUT2D eigenvalue weighted by atomic mass is 16.4. The Bertz CT molecular complexity index is 5660. The van der Waals surface area contributed by atoms with Crippen LogP contribution in [0, 0.1) is 0 Å². The molecule has 0 radical (unpaired) electrons. The third-order valence-electron chi connectivity index (χ3n) is 15.9. The van der Waals surface area contributed by atoms with Crippen LogP contribution < -0.4 is 0 Å². The first-order valence-electron chi connectivity index (χ1n) is 27.3. The Hall–Kier alpha value is -11.9. The number of hydrogen-bond donors (Lipinski definition) is 0. The molecule has 10 aromatic carbocycles. The molecule has 0 fully saturated rings. The van der Waals surface area contributed by atoms with Crippen molar-refractivity contribution in [2.45, 2.75) is 0 Å². The number of hydrogen-bond acceptors (Lipinski definition) is 12. The molecule has 0 aliphatic rings. The molecule has 0 aliphatic heterocycles. The summed E-state index contributed by atoms with van der Waals surface area (Å²) in [6, 6.07) is 69.4. The van der Waals surface area contributed by atoms with Crippen LogP contribution in [-0.4, -0.2) is 49.0 Å². The van der Waals surface area contributed by atoms with Gasteiger partial charge in [0.2, 0.25) is 23.6 Å². The molecule has 8 heterocycles. The lowest BCUT2D eigenvalue weighted by Gasteiger charge is -2.10. The molecule has 0 saturated carbocycles. The summed E-state index contributed by atoms with van der Waals surface area (Å²) < 4.78 is 30.5. The van der Waals surface area contributed by atoms with Gasteiger partial charge in [-0.15, -0.1) is 0 Å². The maximum Gasteiger partial charge on any atom is 0.227 e. The second kappa shape index (κ2) is 17.8. The highest BCUT2D eigenvalue weighted by Gasteiger charge is 2.22. The Morgan fingerprint density at radius 1 is 0.274 bits per heavy atom. The van der Waals surface area contributed by atoms with Crippen molar-refractivity contribution in [1.82, 2.24) is 49.0 Å². The minimum Gasteiger partial charge on any atom is -0.436 e. The van der Waals surface area contributed by atoms with Crippen LogP contribution in [0.15, 0.2) is 249 Å². The van der Waals surface area contributed by atoms with E-state index in [-0.39, 0.29) is 0 Å². The van der Waals surface area contributed by atoms with Crippen molar-refractivity contribution in [3.8, 4) is 79.7 Å². The monoisotopic (exact) mass is 1080 g/mol. The molecule has 392 valence electrons. The molecule has 0 unspecified atom stereocenters. The number of nitrogens with zero attached hydrogens (tertiary/aromatic N) is 10. The van der Waals surface area contributed by atoms with E-state index in [0.29, 0.717) is 46.1 Å². The van der Waals surface area contributed by atoms with Crippen LogP contribution in [0.2, 0.25) is 0 Å². The maximum atomic E-state index is 6.83. The minimum atomic E-state index is 0.496. The molecule has 0 N–H and O–H groups in total. The fraction of sp³-hybridized carbons (Fsp3) is 0. The van der Waals surface area contributed by atoms with Gasteiger partial charge in [-0.05, 0) is 157 Å². The number of rotatable bonds is 8. The lowest BCUT2D eigenvalue weighted by Crippen LogP contribution is -1.95. The summed E-state index contributed by atoms with van der Waals surface area (Å²) in [4.78, 5) is 38.2. The van der Waals surface area contributed by atoms with Crippen LogP contribution in [0.4, 0.5) is 0 Å². The lowest BCUT2D eigenvalue weighted by atomic mass is 10.0. The fourth-order valence-corrected chi connectivity index (χ4v) is 12.0. The molecule has 14 heteroatoms. The summed E-state index contributed by atoms with van der Waals surface area (Å²) in [6.07, 6.45) is 6.95. The number of oxazole rings is 4. The minimum absolute atomic E-state index is 0.496. The number of benzene rings is 10. The van der Waals surface area contributed by atoms with Crippen LogP contribution in [0.3, 0.4) is 0 Å². The zero-order valence-electron chi connectivity index (χ0n) is 44.0. The van der Waals surface area contributed by atoms with E-state index in [1.165, 1.54) is 0 Å². The summed E-state index contributed by atoms with van der Waals surface area (Å²) in [7, 11) is 0. The van der Waals surface area contributed by atoms with Gasteiger partial charge in [-0.25, -0.2) is 29.9 Å². The highest BCUT2D eigenvalue weighted by molar-refractivity contribution is 6.13. The first kappa shape index (κ1) is 45.9. The van der Waals surface area contributed by atoms with Crippen LogP contribution in [0.25, 0.3) is 179 Å². The van der Waals surface area contributed by atoms with Crippen LogP contribution in [0.1, 0.15) is 0 Å². The van der Waals surface area contributed by atoms with Gasteiger partial charge in [0.1, 0.15) is 22.1 Å². The molecule has 14 nitrogen and oxygen atoms in total. The Kier molecular flexibility index (Phi) is 9.73. The SMILES string of the molecule is c1cnc(-c2cccc(-n3c4ccc(-c5nc6ccccc6o5)cc4c4cc(-c5nc6cccc(-c7ccc8oc(-c9ccc%10c(c9)c9cc(-c%11nc%12ccccc%12o%11)ccc9n%10-c9ccc%10nccnc%10c9)nc8c7)c6o5)ccc43)c2)nc1. The zero-order chi connectivity index (χ0) is 55.0. The van der Waals surface area contributed by atoms with E-state index in [1.54, 1.807) is 24.8 Å². The molecular weight excluding hydrogens is 1040 g/mol. The predicted molar refractivity (Wildman–Crippen MR) is 327 cm³/mol. The molecule has 0 bridgehead atoms. The second-order valence-corrected chi connectivity index (χ2v) is 20.8. The highest BCUT2D eigenvalue weighted by Crippen LogP contribution is 2.42. The normalized spacial score (nSPS) is 12.0. The van der Waals surface area contributed by atoms with E-state index >= 15 is 0 Å². The van der Waals surface area contributed by atoms with Crippen LogP contribution >= 0.6 is 0 Å². The van der Waals surface area contributed by atoms with Gasteiger partial charge in [-0.3, -0.25) is 9.97 Å². The first-order chi connectivity index (χ1) is 41.5. The third kappa shape index (κ3) is 7.23. The lowest BCUT2D eigenvalue weighted by molar-refractivity contribution is 0.619. The van der Waals surface area contributed by atoms with Gasteiger partial charge in [0.15, 0.2) is 28.2 Å². The molecule has 0 aliphatic carbocycles. The number of fused-ring (bicyclic) bond motifs is 11. The summed E-state index contributed by atoms with van der Waals surface area (Å²) in [5.74, 6) is 2.75. The van der Waals surface area contributed by atoms with Crippen LogP contribution in [-0.2, 0) is 0 Å². The standard InChI is InChI=1S/C70H38N10O4/c1-3-14-62-53(11-1)75-67(81-62)41-16-23-58-48(33-41)51-36-44(19-26-59(51)79(58)45-9-5-8-40(32-45)66-73-28-7-29-74-66)70-77-55-13-6-10-47(65(55)84-70)39-20-27-64-57(37-39)78-69(83-64)43-18-25-61-50(35-43)49-34-42(68-76-54-12-2-4-15-63(54)82-68)17-24-60(49)80(61)46-21-22-52-56(38-46)72-31-30-71-52/h1-38H. The van der Waals surface area contributed by atoms with Gasteiger partial charge in [-0.2, -0.15) is 0 Å². The van der Waals surface area contributed by atoms with Gasteiger partial charge in [0, 0.05) is 91.1 Å². The summed E-state index contributed by atoms with van der Waals surface area (Å²) in [5.41, 5.74) is 19.5. The second-order valence-electron chi connectivity index (χ2n) is 20.8. The smallest absolute Gasteiger partial charge is 0.227 e. The molecule has 18 rings (SSSR count). The van der Waals surface area contributed by atoms with E-state index in [9.17, 15) is 0 Å². The van der Waals surface area contributed by atoms with Crippen molar-refractivity contribution in [1.29, 1.82) is 0 Å². The average Bonchev–Trinajstić information content (AvgIpc) is 4.55. The molecule has 0 atom stereocenters. The van der Waals surface area contributed by atoms with E-state index in [2.05, 4.69) is 132 Å². The molecule has 0 saturated heterocycles. The predicted octanol–water partition coefficient (Wildman–Crippen LogP) is 17.2. The van der Waals surface area contributed by atoms with Gasteiger partial charge in [0.25, 0.3) is 0 Å². The zero-order valence-corrected chi connectivity index (χ0v) is 44.0. The molecule has 8 aromatic heterocycles.